The second-order valence-electron chi connectivity index (χ2n) is 6.83. The molecular formula is C18H29N3O3. The number of furan rings is 1. The highest BCUT2D eigenvalue weighted by molar-refractivity contribution is 5.92. The largest absolute Gasteiger partial charge is 0.459 e. The normalized spacial score (nSPS) is 16.6. The first-order valence-corrected chi connectivity index (χ1v) is 8.85. The fraction of sp³-hybridized carbons (Fsp3) is 0.667. The SMILES string of the molecule is Cc1ccoc1C(=O)NCCCNC(=O)CC1(CN)CCCCC1. The van der Waals surface area contributed by atoms with Gasteiger partial charge in [0.05, 0.1) is 6.26 Å². The Kier molecular flexibility index (Phi) is 6.85. The van der Waals surface area contributed by atoms with E-state index in [9.17, 15) is 9.59 Å². The maximum absolute atomic E-state index is 12.1. The van der Waals surface area contributed by atoms with Crippen molar-refractivity contribution in [3.8, 4) is 0 Å². The van der Waals surface area contributed by atoms with Crippen molar-refractivity contribution in [1.82, 2.24) is 10.6 Å². The van der Waals surface area contributed by atoms with Crippen LogP contribution in [0.1, 0.15) is 61.1 Å². The zero-order valence-electron chi connectivity index (χ0n) is 14.5. The zero-order valence-corrected chi connectivity index (χ0v) is 14.5. The molecule has 6 nitrogen and oxygen atoms in total. The van der Waals surface area contributed by atoms with Crippen LogP contribution in [0.15, 0.2) is 16.7 Å². The van der Waals surface area contributed by atoms with E-state index < -0.39 is 0 Å². The van der Waals surface area contributed by atoms with Gasteiger partial charge in [-0.1, -0.05) is 19.3 Å². The lowest BCUT2D eigenvalue weighted by atomic mass is 9.71. The van der Waals surface area contributed by atoms with Crippen molar-refractivity contribution in [2.75, 3.05) is 19.6 Å². The van der Waals surface area contributed by atoms with Crippen molar-refractivity contribution >= 4 is 11.8 Å². The second-order valence-corrected chi connectivity index (χ2v) is 6.83. The van der Waals surface area contributed by atoms with E-state index in [1.807, 2.05) is 6.92 Å². The summed E-state index contributed by atoms with van der Waals surface area (Å²) in [6, 6.07) is 1.76. The summed E-state index contributed by atoms with van der Waals surface area (Å²) in [4.78, 5) is 24.0. The van der Waals surface area contributed by atoms with Crippen LogP contribution in [0.5, 0.6) is 0 Å². The first kappa shape index (κ1) is 18.5. The molecule has 2 rings (SSSR count). The molecule has 2 amide bonds. The molecule has 6 heteroatoms. The van der Waals surface area contributed by atoms with Crippen molar-refractivity contribution in [3.05, 3.63) is 23.7 Å². The Morgan fingerprint density at radius 1 is 1.21 bits per heavy atom. The van der Waals surface area contributed by atoms with E-state index in [2.05, 4.69) is 10.6 Å². The topological polar surface area (TPSA) is 97.4 Å². The molecule has 1 saturated carbocycles. The Morgan fingerprint density at radius 3 is 2.54 bits per heavy atom. The fourth-order valence-electron chi connectivity index (χ4n) is 3.36. The van der Waals surface area contributed by atoms with Gasteiger partial charge in [0.15, 0.2) is 5.76 Å². The van der Waals surface area contributed by atoms with Gasteiger partial charge in [-0.3, -0.25) is 9.59 Å². The molecule has 0 saturated heterocycles. The highest BCUT2D eigenvalue weighted by Gasteiger charge is 2.32. The molecule has 0 aromatic carbocycles. The van der Waals surface area contributed by atoms with E-state index in [1.54, 1.807) is 6.07 Å². The first-order valence-electron chi connectivity index (χ1n) is 8.85. The van der Waals surface area contributed by atoms with E-state index in [1.165, 1.54) is 25.5 Å². The predicted octanol–water partition coefficient (Wildman–Crippen LogP) is 2.12. The number of hydrogen-bond donors (Lipinski definition) is 3. The van der Waals surface area contributed by atoms with Crippen LogP contribution in [-0.2, 0) is 4.79 Å². The molecule has 1 aliphatic rings. The molecule has 1 aliphatic carbocycles. The lowest BCUT2D eigenvalue weighted by Gasteiger charge is -2.35. The van der Waals surface area contributed by atoms with Crippen LogP contribution >= 0.6 is 0 Å². The number of nitrogens with one attached hydrogen (secondary N) is 2. The van der Waals surface area contributed by atoms with Crippen molar-refractivity contribution in [3.63, 3.8) is 0 Å². The summed E-state index contributed by atoms with van der Waals surface area (Å²) in [7, 11) is 0. The van der Waals surface area contributed by atoms with Crippen molar-refractivity contribution in [1.29, 1.82) is 0 Å². The van der Waals surface area contributed by atoms with E-state index in [4.69, 9.17) is 10.2 Å². The highest BCUT2D eigenvalue weighted by Crippen LogP contribution is 2.38. The van der Waals surface area contributed by atoms with Crippen molar-refractivity contribution in [2.45, 2.75) is 51.9 Å². The molecule has 1 aromatic heterocycles. The molecular weight excluding hydrogens is 306 g/mol. The second kappa shape index (κ2) is 8.87. The van der Waals surface area contributed by atoms with Gasteiger partial charge in [0.25, 0.3) is 5.91 Å². The summed E-state index contributed by atoms with van der Waals surface area (Å²) in [5.74, 6) is 0.199. The molecule has 0 atom stereocenters. The van der Waals surface area contributed by atoms with E-state index in [0.717, 1.165) is 18.4 Å². The molecule has 0 spiro atoms. The number of nitrogens with two attached hydrogens (primary N) is 1. The average molecular weight is 335 g/mol. The molecule has 4 N–H and O–H groups in total. The van der Waals surface area contributed by atoms with Gasteiger partial charge in [0.1, 0.15) is 0 Å². The number of hydrogen-bond acceptors (Lipinski definition) is 4. The van der Waals surface area contributed by atoms with Gasteiger partial charge >= 0.3 is 0 Å². The molecule has 0 radical (unpaired) electrons. The van der Waals surface area contributed by atoms with Gasteiger partial charge in [-0.05, 0) is 44.2 Å². The fourth-order valence-corrected chi connectivity index (χ4v) is 3.36. The van der Waals surface area contributed by atoms with Crippen LogP contribution in [0.3, 0.4) is 0 Å². The van der Waals surface area contributed by atoms with E-state index >= 15 is 0 Å². The van der Waals surface area contributed by atoms with Gasteiger partial charge in [0, 0.05) is 25.1 Å². The molecule has 0 aliphatic heterocycles. The average Bonchev–Trinajstić information content (AvgIpc) is 3.01. The molecule has 1 fully saturated rings. The molecule has 0 bridgehead atoms. The maximum Gasteiger partial charge on any atom is 0.287 e. The predicted molar refractivity (Wildman–Crippen MR) is 92.6 cm³/mol. The first-order chi connectivity index (χ1) is 11.6. The molecule has 1 aromatic rings. The lowest BCUT2D eigenvalue weighted by molar-refractivity contribution is -0.123. The van der Waals surface area contributed by atoms with E-state index in [0.29, 0.717) is 38.2 Å². The summed E-state index contributed by atoms with van der Waals surface area (Å²) in [6.45, 7) is 3.47. The minimum Gasteiger partial charge on any atom is -0.459 e. The number of carbonyl (C=O) groups excluding carboxylic acids is 2. The minimum absolute atomic E-state index is 0.00658. The molecule has 24 heavy (non-hydrogen) atoms. The third-order valence-corrected chi connectivity index (χ3v) is 4.91. The third-order valence-electron chi connectivity index (χ3n) is 4.91. The Bertz CT molecular complexity index is 547. The van der Waals surface area contributed by atoms with Crippen LogP contribution in [0.4, 0.5) is 0 Å². The van der Waals surface area contributed by atoms with E-state index in [-0.39, 0.29) is 17.2 Å². The number of carbonyl (C=O) groups is 2. The molecule has 134 valence electrons. The zero-order chi connectivity index (χ0) is 17.4. The van der Waals surface area contributed by atoms with Crippen LogP contribution in [0.25, 0.3) is 0 Å². The summed E-state index contributed by atoms with van der Waals surface area (Å²) >= 11 is 0. The molecule has 0 unspecified atom stereocenters. The minimum atomic E-state index is -0.215. The van der Waals surface area contributed by atoms with Gasteiger partial charge in [0.2, 0.25) is 5.91 Å². The smallest absolute Gasteiger partial charge is 0.287 e. The Morgan fingerprint density at radius 2 is 1.92 bits per heavy atom. The quantitative estimate of drug-likeness (QED) is 0.634. The van der Waals surface area contributed by atoms with Gasteiger partial charge in [-0.2, -0.15) is 0 Å². The van der Waals surface area contributed by atoms with Crippen molar-refractivity contribution < 1.29 is 14.0 Å². The van der Waals surface area contributed by atoms with Crippen LogP contribution in [-0.4, -0.2) is 31.4 Å². The summed E-state index contributed by atoms with van der Waals surface area (Å²) in [6.07, 6.45) is 8.39. The Hall–Kier alpha value is -1.82. The summed E-state index contributed by atoms with van der Waals surface area (Å²) in [5, 5.41) is 5.74. The number of amides is 2. The molecule has 1 heterocycles. The Balaban J connectivity index is 1.62. The summed E-state index contributed by atoms with van der Waals surface area (Å²) < 4.78 is 5.14. The maximum atomic E-state index is 12.1. The number of aryl methyl sites for hydroxylation is 1. The van der Waals surface area contributed by atoms with Crippen LogP contribution < -0.4 is 16.4 Å². The standard InChI is InChI=1S/C18H29N3O3/c1-14-6-11-24-16(14)17(23)21-10-5-9-20-15(22)12-18(13-19)7-3-2-4-8-18/h6,11H,2-5,7-10,12-13,19H2,1H3,(H,20,22)(H,21,23). The van der Waals surface area contributed by atoms with Gasteiger partial charge in [-0.25, -0.2) is 0 Å². The van der Waals surface area contributed by atoms with Crippen molar-refractivity contribution in [2.24, 2.45) is 11.1 Å². The monoisotopic (exact) mass is 335 g/mol. The third kappa shape index (κ3) is 5.09. The summed E-state index contributed by atoms with van der Waals surface area (Å²) in [5.41, 5.74) is 6.73. The van der Waals surface area contributed by atoms with Crippen LogP contribution in [0.2, 0.25) is 0 Å². The lowest BCUT2D eigenvalue weighted by Crippen LogP contribution is -2.39. The number of rotatable bonds is 8. The van der Waals surface area contributed by atoms with Gasteiger partial charge in [-0.15, -0.1) is 0 Å². The highest BCUT2D eigenvalue weighted by atomic mass is 16.3. The Labute approximate surface area is 143 Å². The van der Waals surface area contributed by atoms with Crippen LogP contribution in [0, 0.1) is 12.3 Å². The van der Waals surface area contributed by atoms with Gasteiger partial charge < -0.3 is 20.8 Å².